The Morgan fingerprint density at radius 2 is 1.81 bits per heavy atom. The molecule has 1 fully saturated rings. The first kappa shape index (κ1) is 14.1. The van der Waals surface area contributed by atoms with Crippen molar-refractivity contribution in [2.45, 2.75) is 45.6 Å². The average Bonchev–Trinajstić information content (AvgIpc) is 3.01. The maximum atomic E-state index is 4.81. The van der Waals surface area contributed by atoms with Crippen LogP contribution in [0.25, 0.3) is 10.9 Å². The van der Waals surface area contributed by atoms with Crippen LogP contribution in [0, 0.1) is 0 Å². The molecule has 4 heteroatoms. The minimum atomic E-state index is 0.563. The van der Waals surface area contributed by atoms with Gasteiger partial charge in [-0.3, -0.25) is 0 Å². The molecule has 0 unspecified atom stereocenters. The van der Waals surface area contributed by atoms with Gasteiger partial charge < -0.3 is 10.2 Å². The molecule has 3 rings (SSSR count). The fraction of sp³-hybridized carbons (Fsp3) is 0.529. The van der Waals surface area contributed by atoms with E-state index in [2.05, 4.69) is 42.3 Å². The zero-order chi connectivity index (χ0) is 14.7. The normalized spacial score (nSPS) is 15.5. The maximum absolute atomic E-state index is 4.81. The summed E-state index contributed by atoms with van der Waals surface area (Å²) >= 11 is 0. The largest absolute Gasteiger partial charge is 0.367 e. The quantitative estimate of drug-likeness (QED) is 0.906. The number of hydrogen-bond donors (Lipinski definition) is 1. The summed E-state index contributed by atoms with van der Waals surface area (Å²) in [7, 11) is 0. The summed E-state index contributed by atoms with van der Waals surface area (Å²) in [6.07, 6.45) is 5.14. The molecule has 1 saturated carbocycles. The Kier molecular flexibility index (Phi) is 4.23. The molecule has 1 heterocycles. The van der Waals surface area contributed by atoms with Crippen molar-refractivity contribution in [2.75, 3.05) is 23.3 Å². The Balaban J connectivity index is 2.02. The third-order valence-electron chi connectivity index (χ3n) is 4.33. The maximum Gasteiger partial charge on any atom is 0.227 e. The zero-order valence-corrected chi connectivity index (χ0v) is 13.0. The van der Waals surface area contributed by atoms with Gasteiger partial charge in [-0.05, 0) is 38.8 Å². The van der Waals surface area contributed by atoms with Gasteiger partial charge in [-0.15, -0.1) is 0 Å². The fourth-order valence-electron chi connectivity index (χ4n) is 3.09. The molecule has 1 aromatic heterocycles. The molecule has 0 saturated heterocycles. The number of nitrogens with one attached hydrogen (secondary N) is 1. The number of aromatic nitrogens is 2. The topological polar surface area (TPSA) is 41.1 Å². The van der Waals surface area contributed by atoms with Crippen LogP contribution in [-0.4, -0.2) is 29.1 Å². The molecule has 2 aromatic rings. The van der Waals surface area contributed by atoms with Gasteiger partial charge in [-0.1, -0.05) is 25.0 Å². The van der Waals surface area contributed by atoms with E-state index in [4.69, 9.17) is 9.97 Å². The molecule has 0 amide bonds. The highest BCUT2D eigenvalue weighted by Crippen LogP contribution is 2.27. The lowest BCUT2D eigenvalue weighted by molar-refractivity contribution is 0.749. The highest BCUT2D eigenvalue weighted by molar-refractivity contribution is 5.90. The number of rotatable bonds is 5. The first-order chi connectivity index (χ1) is 10.3. The van der Waals surface area contributed by atoms with Crippen LogP contribution in [0.5, 0.6) is 0 Å². The molecule has 1 N–H and O–H groups in total. The van der Waals surface area contributed by atoms with Gasteiger partial charge in [0, 0.05) is 24.5 Å². The van der Waals surface area contributed by atoms with Gasteiger partial charge in [0.15, 0.2) is 0 Å². The summed E-state index contributed by atoms with van der Waals surface area (Å²) < 4.78 is 0. The second kappa shape index (κ2) is 6.29. The van der Waals surface area contributed by atoms with E-state index in [-0.39, 0.29) is 0 Å². The van der Waals surface area contributed by atoms with Gasteiger partial charge in [-0.2, -0.15) is 4.98 Å². The number of benzene rings is 1. The zero-order valence-electron chi connectivity index (χ0n) is 13.0. The van der Waals surface area contributed by atoms with E-state index in [0.29, 0.717) is 6.04 Å². The standard InChI is InChI=1S/C17H24N4/c1-3-21(4-2)17-19-15-12-8-7-11-14(15)16(20-17)18-13-9-5-6-10-13/h7-8,11-13H,3-6,9-10H2,1-2H3,(H,18,19,20). The Morgan fingerprint density at radius 1 is 1.10 bits per heavy atom. The van der Waals surface area contributed by atoms with Crippen molar-refractivity contribution in [3.63, 3.8) is 0 Å². The van der Waals surface area contributed by atoms with Gasteiger partial charge in [0.25, 0.3) is 0 Å². The smallest absolute Gasteiger partial charge is 0.227 e. The minimum absolute atomic E-state index is 0.563. The molecule has 1 aliphatic rings. The van der Waals surface area contributed by atoms with Crippen LogP contribution in [0.3, 0.4) is 0 Å². The van der Waals surface area contributed by atoms with Crippen LogP contribution in [-0.2, 0) is 0 Å². The number of fused-ring (bicyclic) bond motifs is 1. The molecule has 0 spiro atoms. The van der Waals surface area contributed by atoms with E-state index < -0.39 is 0 Å². The van der Waals surface area contributed by atoms with Crippen LogP contribution in [0.15, 0.2) is 24.3 Å². The monoisotopic (exact) mass is 284 g/mol. The molecule has 1 aliphatic carbocycles. The second-order valence-corrected chi connectivity index (χ2v) is 5.69. The summed E-state index contributed by atoms with van der Waals surface area (Å²) in [5.41, 5.74) is 1.02. The van der Waals surface area contributed by atoms with Crippen molar-refractivity contribution in [1.29, 1.82) is 0 Å². The lowest BCUT2D eigenvalue weighted by atomic mass is 10.2. The van der Waals surface area contributed by atoms with E-state index in [1.807, 2.05) is 6.07 Å². The summed E-state index contributed by atoms with van der Waals surface area (Å²) in [5.74, 6) is 1.83. The SMILES string of the molecule is CCN(CC)c1nc(NC2CCCC2)c2ccccc2n1. The Hall–Kier alpha value is -1.84. The Bertz CT molecular complexity index is 601. The lowest BCUT2D eigenvalue weighted by Crippen LogP contribution is -2.25. The Morgan fingerprint density at radius 3 is 2.52 bits per heavy atom. The highest BCUT2D eigenvalue weighted by Gasteiger charge is 2.18. The first-order valence-electron chi connectivity index (χ1n) is 8.10. The van der Waals surface area contributed by atoms with E-state index in [0.717, 1.165) is 35.8 Å². The van der Waals surface area contributed by atoms with Gasteiger partial charge in [0.05, 0.1) is 5.52 Å². The molecule has 0 bridgehead atoms. The molecule has 1 aromatic carbocycles. The van der Waals surface area contributed by atoms with Crippen molar-refractivity contribution < 1.29 is 0 Å². The molecule has 21 heavy (non-hydrogen) atoms. The number of anilines is 2. The Labute approximate surface area is 126 Å². The lowest BCUT2D eigenvalue weighted by Gasteiger charge is -2.21. The third kappa shape index (κ3) is 2.94. The third-order valence-corrected chi connectivity index (χ3v) is 4.33. The molecule has 0 atom stereocenters. The van der Waals surface area contributed by atoms with E-state index in [1.165, 1.54) is 25.7 Å². The van der Waals surface area contributed by atoms with Gasteiger partial charge in [0.2, 0.25) is 5.95 Å². The van der Waals surface area contributed by atoms with Crippen molar-refractivity contribution in [1.82, 2.24) is 9.97 Å². The summed E-state index contributed by atoms with van der Waals surface area (Å²) in [6, 6.07) is 8.85. The first-order valence-corrected chi connectivity index (χ1v) is 8.10. The molecule has 112 valence electrons. The molecule has 0 aliphatic heterocycles. The van der Waals surface area contributed by atoms with Crippen LogP contribution >= 0.6 is 0 Å². The van der Waals surface area contributed by atoms with Crippen molar-refractivity contribution in [3.8, 4) is 0 Å². The average molecular weight is 284 g/mol. The van der Waals surface area contributed by atoms with Crippen LogP contribution in [0.2, 0.25) is 0 Å². The highest BCUT2D eigenvalue weighted by atomic mass is 15.3. The van der Waals surface area contributed by atoms with E-state index in [1.54, 1.807) is 0 Å². The van der Waals surface area contributed by atoms with Crippen LogP contribution < -0.4 is 10.2 Å². The molecule has 4 nitrogen and oxygen atoms in total. The summed E-state index contributed by atoms with van der Waals surface area (Å²) in [5, 5.41) is 4.77. The van der Waals surface area contributed by atoms with E-state index >= 15 is 0 Å². The number of para-hydroxylation sites is 1. The predicted molar refractivity (Wildman–Crippen MR) is 89.0 cm³/mol. The minimum Gasteiger partial charge on any atom is -0.367 e. The van der Waals surface area contributed by atoms with E-state index in [9.17, 15) is 0 Å². The van der Waals surface area contributed by atoms with Crippen molar-refractivity contribution in [2.24, 2.45) is 0 Å². The number of hydrogen-bond acceptors (Lipinski definition) is 4. The second-order valence-electron chi connectivity index (χ2n) is 5.69. The van der Waals surface area contributed by atoms with Crippen molar-refractivity contribution >= 4 is 22.7 Å². The predicted octanol–water partition coefficient (Wildman–Crippen LogP) is 3.83. The summed E-state index contributed by atoms with van der Waals surface area (Å²) in [6.45, 7) is 6.15. The summed E-state index contributed by atoms with van der Waals surface area (Å²) in [4.78, 5) is 11.7. The van der Waals surface area contributed by atoms with Crippen LogP contribution in [0.1, 0.15) is 39.5 Å². The van der Waals surface area contributed by atoms with Gasteiger partial charge >= 0.3 is 0 Å². The fourth-order valence-corrected chi connectivity index (χ4v) is 3.09. The van der Waals surface area contributed by atoms with Gasteiger partial charge in [0.1, 0.15) is 5.82 Å². The van der Waals surface area contributed by atoms with Crippen LogP contribution in [0.4, 0.5) is 11.8 Å². The number of nitrogens with zero attached hydrogens (tertiary/aromatic N) is 3. The van der Waals surface area contributed by atoms with Crippen molar-refractivity contribution in [3.05, 3.63) is 24.3 Å². The molecular formula is C17H24N4. The molecule has 0 radical (unpaired) electrons. The van der Waals surface area contributed by atoms with Gasteiger partial charge in [-0.25, -0.2) is 4.98 Å². The molecular weight excluding hydrogens is 260 g/mol.